The monoisotopic (exact) mass is 198 g/mol. The van der Waals surface area contributed by atoms with Crippen molar-refractivity contribution in [3.63, 3.8) is 0 Å². The first-order valence-electron chi connectivity index (χ1n) is 2.94. The third-order valence-electron chi connectivity index (χ3n) is 1.71. The first kappa shape index (κ1) is 11.7. The molecule has 8 heavy (non-hydrogen) atoms. The summed E-state index contributed by atoms with van der Waals surface area (Å²) in [5.74, 6) is 0. The van der Waals surface area contributed by atoms with Crippen molar-refractivity contribution in [2.45, 2.75) is 13.8 Å². The Balaban J connectivity index is 0. The van der Waals surface area contributed by atoms with Crippen molar-refractivity contribution in [1.82, 2.24) is 0 Å². The molecule has 0 spiro atoms. The molecule has 2 heteroatoms. The van der Waals surface area contributed by atoms with Gasteiger partial charge in [-0.2, -0.15) is 0 Å². The van der Waals surface area contributed by atoms with Crippen LogP contribution in [0.5, 0.6) is 0 Å². The summed E-state index contributed by atoms with van der Waals surface area (Å²) in [6, 6.07) is 0. The van der Waals surface area contributed by atoms with E-state index in [0.29, 0.717) is 0 Å². The summed E-state index contributed by atoms with van der Waals surface area (Å²) in [7, 11) is -0.404. The van der Waals surface area contributed by atoms with Crippen molar-refractivity contribution in [3.05, 3.63) is 0 Å². The smallest absolute Gasteiger partial charge is 0.0560 e. The zero-order chi connectivity index (χ0) is 5.91. The van der Waals surface area contributed by atoms with Crippen molar-refractivity contribution in [2.24, 2.45) is 0 Å². The minimum absolute atomic E-state index is 0. The van der Waals surface area contributed by atoms with E-state index in [1.54, 1.807) is 0 Å². The van der Waals surface area contributed by atoms with Gasteiger partial charge < -0.3 is 17.0 Å². The summed E-state index contributed by atoms with van der Waals surface area (Å²) in [6.07, 6.45) is 2.81. The molecule has 0 aliphatic rings. The van der Waals surface area contributed by atoms with Gasteiger partial charge in [0.15, 0.2) is 0 Å². The summed E-state index contributed by atoms with van der Waals surface area (Å²) in [5.41, 5.74) is 0. The molecule has 0 saturated heterocycles. The molecular formula is C6H16BrP. The van der Waals surface area contributed by atoms with Crippen LogP contribution in [0.4, 0.5) is 0 Å². The Kier molecular flexibility index (Phi) is 6.94. The topological polar surface area (TPSA) is 0 Å². The molecule has 0 radical (unpaired) electrons. The maximum atomic E-state index is 2.41. The minimum atomic E-state index is -0.404. The van der Waals surface area contributed by atoms with Gasteiger partial charge in [0.05, 0.1) is 12.3 Å². The average Bonchev–Trinajstić information content (AvgIpc) is 1.68. The Bertz CT molecular complexity index is 46.5. The molecule has 0 atom stereocenters. The largest absolute Gasteiger partial charge is 1.00 e. The highest BCUT2D eigenvalue weighted by molar-refractivity contribution is 7.74. The first-order chi connectivity index (χ1) is 3.12. The predicted molar refractivity (Wildman–Crippen MR) is 39.9 cm³/mol. The van der Waals surface area contributed by atoms with Crippen LogP contribution in [0.15, 0.2) is 0 Å². The van der Waals surface area contributed by atoms with Gasteiger partial charge in [0.25, 0.3) is 0 Å². The molecule has 52 valence electrons. The summed E-state index contributed by atoms with van der Waals surface area (Å²) in [5, 5.41) is 0. The molecule has 0 rings (SSSR count). The van der Waals surface area contributed by atoms with Gasteiger partial charge in [-0.25, -0.2) is 0 Å². The number of halogens is 1. The lowest BCUT2D eigenvalue weighted by atomic mass is 11.0. The highest BCUT2D eigenvalue weighted by atomic mass is 79.9. The van der Waals surface area contributed by atoms with E-state index < -0.39 is 7.26 Å². The molecule has 0 nitrogen and oxygen atoms in total. The first-order valence-corrected chi connectivity index (χ1v) is 5.99. The molecule has 0 aromatic heterocycles. The maximum Gasteiger partial charge on any atom is 0.0560 e. The molecule has 0 N–H and O–H groups in total. The second-order valence-corrected chi connectivity index (χ2v) is 7.70. The van der Waals surface area contributed by atoms with Crippen LogP contribution >= 0.6 is 7.26 Å². The van der Waals surface area contributed by atoms with Crippen LogP contribution in [0.25, 0.3) is 0 Å². The SMILES string of the molecule is CC[P+](C)(C)CC.[Br-]. The van der Waals surface area contributed by atoms with E-state index in [4.69, 9.17) is 0 Å². The van der Waals surface area contributed by atoms with E-state index >= 15 is 0 Å². The minimum Gasteiger partial charge on any atom is -1.00 e. The van der Waals surface area contributed by atoms with Gasteiger partial charge in [-0.1, -0.05) is 0 Å². The summed E-state index contributed by atoms with van der Waals surface area (Å²) < 4.78 is 0. The van der Waals surface area contributed by atoms with Crippen LogP contribution in [0, 0.1) is 0 Å². The van der Waals surface area contributed by atoms with E-state index in [1.165, 1.54) is 12.3 Å². The molecule has 0 unspecified atom stereocenters. The molecule has 0 bridgehead atoms. The van der Waals surface area contributed by atoms with Crippen molar-refractivity contribution in [1.29, 1.82) is 0 Å². The maximum absolute atomic E-state index is 2.41. The van der Waals surface area contributed by atoms with Gasteiger partial charge in [-0.3, -0.25) is 0 Å². The highest BCUT2D eigenvalue weighted by Gasteiger charge is 2.17. The summed E-state index contributed by atoms with van der Waals surface area (Å²) >= 11 is 0. The predicted octanol–water partition coefficient (Wildman–Crippen LogP) is -0.693. The third-order valence-corrected chi connectivity index (χ3v) is 5.14. The average molecular weight is 199 g/mol. The zero-order valence-corrected chi connectivity index (χ0v) is 8.72. The van der Waals surface area contributed by atoms with E-state index in [-0.39, 0.29) is 17.0 Å². The fraction of sp³-hybridized carbons (Fsp3) is 1.00. The summed E-state index contributed by atoms with van der Waals surface area (Å²) in [4.78, 5) is 0. The van der Waals surface area contributed by atoms with Gasteiger partial charge in [-0.15, -0.1) is 0 Å². The van der Waals surface area contributed by atoms with Gasteiger partial charge >= 0.3 is 0 Å². The lowest BCUT2D eigenvalue weighted by molar-refractivity contribution is -0.00000184. The van der Waals surface area contributed by atoms with Crippen LogP contribution < -0.4 is 17.0 Å². The van der Waals surface area contributed by atoms with Crippen LogP contribution in [-0.4, -0.2) is 25.7 Å². The van der Waals surface area contributed by atoms with E-state index in [1.807, 2.05) is 0 Å². The quantitative estimate of drug-likeness (QED) is 0.516. The Labute approximate surface area is 64.2 Å². The number of hydrogen-bond donors (Lipinski definition) is 0. The molecule has 0 saturated carbocycles. The van der Waals surface area contributed by atoms with Crippen molar-refractivity contribution >= 4 is 7.26 Å². The fourth-order valence-electron chi connectivity index (χ4n) is 0.224. The Morgan fingerprint density at radius 1 is 1.00 bits per heavy atom. The van der Waals surface area contributed by atoms with Gasteiger partial charge in [0, 0.05) is 20.6 Å². The molecule has 0 aromatic carbocycles. The standard InChI is InChI=1S/C6H16P.BrH/c1-5-7(3,4)6-2;/h5-6H2,1-4H3;1H/q+1;/p-1. The lowest BCUT2D eigenvalue weighted by Crippen LogP contribution is -3.00. The number of rotatable bonds is 2. The molecule has 0 heterocycles. The van der Waals surface area contributed by atoms with Gasteiger partial charge in [0.2, 0.25) is 0 Å². The molecule has 0 aromatic rings. The number of hydrogen-bond acceptors (Lipinski definition) is 0. The molecular weight excluding hydrogens is 183 g/mol. The van der Waals surface area contributed by atoms with Crippen molar-refractivity contribution in [2.75, 3.05) is 25.7 Å². The van der Waals surface area contributed by atoms with Crippen LogP contribution in [0.1, 0.15) is 13.8 Å². The lowest BCUT2D eigenvalue weighted by Gasteiger charge is -2.11. The van der Waals surface area contributed by atoms with Crippen LogP contribution in [0.2, 0.25) is 0 Å². The van der Waals surface area contributed by atoms with E-state index in [2.05, 4.69) is 27.2 Å². The fourth-order valence-corrected chi connectivity index (χ4v) is 0.671. The zero-order valence-electron chi connectivity index (χ0n) is 6.24. The second-order valence-electron chi connectivity index (χ2n) is 2.57. The van der Waals surface area contributed by atoms with Gasteiger partial charge in [-0.05, 0) is 13.8 Å². The summed E-state index contributed by atoms with van der Waals surface area (Å²) in [6.45, 7) is 9.40. The van der Waals surface area contributed by atoms with E-state index in [0.717, 1.165) is 0 Å². The normalized spacial score (nSPS) is 10.5. The Morgan fingerprint density at radius 3 is 1.25 bits per heavy atom. The Morgan fingerprint density at radius 2 is 1.25 bits per heavy atom. The molecule has 0 aliphatic carbocycles. The third kappa shape index (κ3) is 5.05. The van der Waals surface area contributed by atoms with Crippen LogP contribution in [-0.2, 0) is 0 Å². The van der Waals surface area contributed by atoms with Gasteiger partial charge in [0.1, 0.15) is 0 Å². The highest BCUT2D eigenvalue weighted by Crippen LogP contribution is 2.49. The van der Waals surface area contributed by atoms with E-state index in [9.17, 15) is 0 Å². The molecule has 0 aliphatic heterocycles. The second kappa shape index (κ2) is 4.76. The Hall–Kier alpha value is 0.910. The van der Waals surface area contributed by atoms with Crippen LogP contribution in [0.3, 0.4) is 0 Å². The molecule has 0 fully saturated rings. The molecule has 0 amide bonds. The van der Waals surface area contributed by atoms with Crippen molar-refractivity contribution < 1.29 is 17.0 Å². The van der Waals surface area contributed by atoms with Crippen molar-refractivity contribution in [3.8, 4) is 0 Å².